The first-order valence-electron chi connectivity index (χ1n) is 15.4. The van der Waals surface area contributed by atoms with Gasteiger partial charge in [-0.1, -0.05) is 110 Å². The van der Waals surface area contributed by atoms with E-state index in [9.17, 15) is 0 Å². The van der Waals surface area contributed by atoms with Crippen LogP contribution in [-0.4, -0.2) is 15.8 Å². The van der Waals surface area contributed by atoms with Crippen molar-refractivity contribution in [2.75, 3.05) is 0 Å². The highest BCUT2D eigenvalue weighted by atomic mass is 15.0. The van der Waals surface area contributed by atoms with Gasteiger partial charge in [-0.2, -0.15) is 0 Å². The van der Waals surface area contributed by atoms with Gasteiger partial charge in [0, 0.05) is 40.0 Å². The van der Waals surface area contributed by atoms with Crippen molar-refractivity contribution < 1.29 is 0 Å². The van der Waals surface area contributed by atoms with Crippen molar-refractivity contribution in [3.8, 4) is 28.1 Å². The molecule has 5 aromatic carbocycles. The molecule has 0 aliphatic heterocycles. The topological polar surface area (TPSA) is 44.6 Å². The summed E-state index contributed by atoms with van der Waals surface area (Å²) < 4.78 is 2.40. The van der Waals surface area contributed by atoms with E-state index in [0.29, 0.717) is 0 Å². The zero-order valence-corrected chi connectivity index (χ0v) is 26.3. The van der Waals surface area contributed by atoms with E-state index in [1.54, 1.807) is 12.2 Å². The highest BCUT2D eigenvalue weighted by molar-refractivity contribution is 6.19. The van der Waals surface area contributed by atoms with Crippen molar-refractivity contribution >= 4 is 38.8 Å². The molecule has 0 unspecified atom stereocenters. The van der Waals surface area contributed by atoms with Gasteiger partial charge in [0.25, 0.3) is 0 Å². The zero-order chi connectivity index (χ0) is 32.0. The fourth-order valence-electron chi connectivity index (χ4n) is 6.02. The molecule has 3 heteroatoms. The van der Waals surface area contributed by atoms with Gasteiger partial charge in [0.15, 0.2) is 0 Å². The summed E-state index contributed by atoms with van der Waals surface area (Å²) in [5.41, 5.74) is 11.4. The SMILES string of the molecule is C=C/C(=C\C=N)C(=C)C=C(C)C.c1ccc(-n2c3ccccc3c3ccc4cc(-c5cccc(-c6ccc[nH]6)c5)ccc4c32)cc1. The molecule has 0 aliphatic carbocycles. The Kier molecular flexibility index (Phi) is 8.75. The van der Waals surface area contributed by atoms with Gasteiger partial charge in [-0.05, 0) is 95.6 Å². The molecule has 0 radical (unpaired) electrons. The van der Waals surface area contributed by atoms with Crippen LogP contribution in [0.15, 0.2) is 176 Å². The third kappa shape index (κ3) is 6.04. The Bertz CT molecular complexity index is 2250. The third-order valence-electron chi connectivity index (χ3n) is 8.09. The summed E-state index contributed by atoms with van der Waals surface area (Å²) in [6.07, 6.45) is 8.55. The van der Waals surface area contributed by atoms with Gasteiger partial charge < -0.3 is 15.0 Å². The number of rotatable bonds is 7. The van der Waals surface area contributed by atoms with E-state index < -0.39 is 0 Å². The molecule has 0 saturated heterocycles. The molecule has 224 valence electrons. The lowest BCUT2D eigenvalue weighted by molar-refractivity contribution is 1.19. The minimum absolute atomic E-state index is 0.895. The average molecular weight is 596 g/mol. The normalized spacial score (nSPS) is 11.2. The van der Waals surface area contributed by atoms with Gasteiger partial charge in [0.05, 0.1) is 11.0 Å². The van der Waals surface area contributed by atoms with Gasteiger partial charge in [0.1, 0.15) is 0 Å². The smallest absolute Gasteiger partial charge is 0.0619 e. The van der Waals surface area contributed by atoms with Gasteiger partial charge in [-0.15, -0.1) is 0 Å². The molecule has 0 bridgehead atoms. The van der Waals surface area contributed by atoms with Crippen molar-refractivity contribution in [3.05, 3.63) is 176 Å². The van der Waals surface area contributed by atoms with E-state index in [4.69, 9.17) is 5.41 Å². The molecule has 0 amide bonds. The van der Waals surface area contributed by atoms with Crippen LogP contribution in [0, 0.1) is 5.41 Å². The van der Waals surface area contributed by atoms with Gasteiger partial charge in [-0.25, -0.2) is 0 Å². The number of nitrogens with zero attached hydrogens (tertiary/aromatic N) is 1. The van der Waals surface area contributed by atoms with E-state index in [1.165, 1.54) is 66.7 Å². The van der Waals surface area contributed by atoms with Crippen LogP contribution in [-0.2, 0) is 0 Å². The predicted octanol–water partition coefficient (Wildman–Crippen LogP) is 11.9. The maximum Gasteiger partial charge on any atom is 0.0619 e. The number of aromatic amines is 1. The lowest BCUT2D eigenvalue weighted by Gasteiger charge is -2.11. The fourth-order valence-corrected chi connectivity index (χ4v) is 6.02. The number of hydrogen-bond acceptors (Lipinski definition) is 1. The first-order chi connectivity index (χ1) is 22.5. The summed E-state index contributed by atoms with van der Waals surface area (Å²) in [6, 6.07) is 43.6. The maximum atomic E-state index is 6.90. The number of hydrogen-bond donors (Lipinski definition) is 2. The van der Waals surface area contributed by atoms with E-state index in [0.717, 1.165) is 16.8 Å². The van der Waals surface area contributed by atoms with Crippen molar-refractivity contribution in [1.82, 2.24) is 9.55 Å². The van der Waals surface area contributed by atoms with E-state index in [2.05, 4.69) is 138 Å². The Morgan fingerprint density at radius 2 is 1.46 bits per heavy atom. The molecule has 0 saturated carbocycles. The lowest BCUT2D eigenvalue weighted by atomic mass is 9.98. The minimum Gasteiger partial charge on any atom is -0.361 e. The van der Waals surface area contributed by atoms with Crippen LogP contribution < -0.4 is 0 Å². The number of H-pyrrole nitrogens is 1. The van der Waals surface area contributed by atoms with Crippen LogP contribution in [0.4, 0.5) is 0 Å². The molecule has 46 heavy (non-hydrogen) atoms. The van der Waals surface area contributed by atoms with E-state index >= 15 is 0 Å². The number of para-hydroxylation sites is 2. The average Bonchev–Trinajstić information content (AvgIpc) is 3.75. The second-order valence-corrected chi connectivity index (χ2v) is 11.5. The standard InChI is InChI=1S/C32H22N2.C11H15N/c1-2-10-26(11-3-1)34-31-14-5-4-12-28(31)29-18-16-24-20-23(15-17-27(24)32(29)34)22-8-6-9-25(21-22)30-13-7-19-33-30;1-5-11(6-7-12)10(4)8-9(2)3/h1-21,33H;5-8,12H,1,4H2,2-3H3/b;11-6+,12-7?. The highest BCUT2D eigenvalue weighted by Crippen LogP contribution is 2.38. The first-order valence-corrected chi connectivity index (χ1v) is 15.4. The van der Waals surface area contributed by atoms with Crippen molar-refractivity contribution in [1.29, 1.82) is 5.41 Å². The van der Waals surface area contributed by atoms with Crippen molar-refractivity contribution in [2.24, 2.45) is 0 Å². The number of nitrogens with one attached hydrogen (secondary N) is 2. The van der Waals surface area contributed by atoms with Crippen LogP contribution in [0.3, 0.4) is 0 Å². The molecule has 2 N–H and O–H groups in total. The summed E-state index contributed by atoms with van der Waals surface area (Å²) in [6.45, 7) is 11.5. The largest absolute Gasteiger partial charge is 0.361 e. The van der Waals surface area contributed by atoms with Crippen molar-refractivity contribution in [2.45, 2.75) is 13.8 Å². The van der Waals surface area contributed by atoms with Gasteiger partial charge in [-0.3, -0.25) is 0 Å². The molecule has 3 nitrogen and oxygen atoms in total. The molecule has 0 fully saturated rings. The molecular formula is C43H37N3. The van der Waals surface area contributed by atoms with Crippen LogP contribution in [0.25, 0.3) is 60.6 Å². The molecule has 0 aliphatic rings. The second-order valence-electron chi connectivity index (χ2n) is 11.5. The van der Waals surface area contributed by atoms with Crippen LogP contribution in [0.2, 0.25) is 0 Å². The molecular weight excluding hydrogens is 558 g/mol. The van der Waals surface area contributed by atoms with Crippen LogP contribution in [0.5, 0.6) is 0 Å². The molecule has 0 atom stereocenters. The lowest BCUT2D eigenvalue weighted by Crippen LogP contribution is -1.94. The molecule has 2 aromatic heterocycles. The Morgan fingerprint density at radius 1 is 0.717 bits per heavy atom. The monoisotopic (exact) mass is 595 g/mol. The third-order valence-corrected chi connectivity index (χ3v) is 8.09. The second kappa shape index (κ2) is 13.4. The summed E-state index contributed by atoms with van der Waals surface area (Å²) in [7, 11) is 0. The summed E-state index contributed by atoms with van der Waals surface area (Å²) in [5.74, 6) is 0. The number of benzene rings is 5. The Hall–Kier alpha value is -5.93. The van der Waals surface area contributed by atoms with E-state index in [-0.39, 0.29) is 0 Å². The Morgan fingerprint density at radius 3 is 2.20 bits per heavy atom. The fraction of sp³-hybridized carbons (Fsp3) is 0.0465. The zero-order valence-electron chi connectivity index (χ0n) is 26.3. The minimum atomic E-state index is 0.895. The number of aromatic nitrogens is 2. The van der Waals surface area contributed by atoms with Gasteiger partial charge >= 0.3 is 0 Å². The highest BCUT2D eigenvalue weighted by Gasteiger charge is 2.15. The Labute approximate surface area is 270 Å². The summed E-state index contributed by atoms with van der Waals surface area (Å²) in [4.78, 5) is 3.31. The quantitative estimate of drug-likeness (QED) is 0.136. The van der Waals surface area contributed by atoms with Crippen LogP contribution in [0.1, 0.15) is 13.8 Å². The van der Waals surface area contributed by atoms with Crippen molar-refractivity contribution in [3.63, 3.8) is 0 Å². The van der Waals surface area contributed by atoms with E-state index in [1.807, 2.05) is 32.2 Å². The molecule has 2 heterocycles. The predicted molar refractivity (Wildman–Crippen MR) is 199 cm³/mol. The molecule has 0 spiro atoms. The maximum absolute atomic E-state index is 6.90. The molecule has 7 rings (SSSR count). The van der Waals surface area contributed by atoms with Gasteiger partial charge in [0.2, 0.25) is 0 Å². The summed E-state index contributed by atoms with van der Waals surface area (Å²) in [5, 5.41) is 12.0. The van der Waals surface area contributed by atoms with Crippen LogP contribution >= 0.6 is 0 Å². The number of fused-ring (bicyclic) bond motifs is 5. The number of allylic oxidation sites excluding steroid dienone is 6. The molecule has 7 aromatic rings. The summed E-state index contributed by atoms with van der Waals surface area (Å²) >= 11 is 0. The first kappa shape index (κ1) is 30.1. The Balaban J connectivity index is 0.000000266.